The molecule has 0 spiro atoms. The monoisotopic (exact) mass is 369 g/mol. The molecule has 0 bridgehead atoms. The Kier molecular flexibility index (Phi) is 4.34. The molecule has 1 unspecified atom stereocenters. The Morgan fingerprint density at radius 1 is 1.19 bits per heavy atom. The number of rotatable bonds is 2. The minimum atomic E-state index is -0.260. The quantitative estimate of drug-likeness (QED) is 0.729. The highest BCUT2D eigenvalue weighted by molar-refractivity contribution is 8.14. The van der Waals surface area contributed by atoms with Gasteiger partial charge in [-0.2, -0.15) is 0 Å². The van der Waals surface area contributed by atoms with E-state index in [0.717, 1.165) is 16.6 Å². The number of para-hydroxylation sites is 2. The molecule has 0 saturated carbocycles. The number of halogens is 1. The van der Waals surface area contributed by atoms with Crippen molar-refractivity contribution in [2.75, 3.05) is 5.75 Å². The van der Waals surface area contributed by atoms with Gasteiger partial charge in [0.1, 0.15) is 5.82 Å². The zero-order valence-electron chi connectivity index (χ0n) is 13.9. The maximum atomic E-state index is 13.0. The Bertz CT molecular complexity index is 1070. The molecule has 2 aromatic carbocycles. The summed E-state index contributed by atoms with van der Waals surface area (Å²) < 4.78 is 14.6. The summed E-state index contributed by atoms with van der Waals surface area (Å²) in [7, 11) is 0. The summed E-state index contributed by atoms with van der Waals surface area (Å²) in [5, 5.41) is 12.4. The normalized spacial score (nSPS) is 15.5. The van der Waals surface area contributed by atoms with Crippen LogP contribution in [-0.4, -0.2) is 26.3 Å². The molecule has 8 heteroatoms. The van der Waals surface area contributed by atoms with E-state index in [1.54, 1.807) is 16.7 Å². The number of H-pyrrole nitrogens is 1. The lowest BCUT2D eigenvalue weighted by Crippen LogP contribution is -2.32. The van der Waals surface area contributed by atoms with Crippen LogP contribution < -0.4 is 11.0 Å². The Hall–Kier alpha value is -2.87. The van der Waals surface area contributed by atoms with Crippen LogP contribution in [0.15, 0.2) is 63.5 Å². The minimum Gasteiger partial charge on any atom is -0.357 e. The number of thioether (sulfide) groups is 1. The summed E-state index contributed by atoms with van der Waals surface area (Å²) >= 11 is 1.47. The Labute approximate surface area is 152 Å². The van der Waals surface area contributed by atoms with E-state index in [1.165, 1.54) is 23.9 Å². The summed E-state index contributed by atoms with van der Waals surface area (Å²) in [6.07, 6.45) is 0. The second-order valence-electron chi connectivity index (χ2n) is 5.91. The molecule has 1 aromatic heterocycles. The number of hydrogen-bond acceptors (Lipinski definition) is 5. The smallest absolute Gasteiger partial charge is 0.332 e. The number of aromatic amines is 1. The molecular formula is C18H16FN5OS. The van der Waals surface area contributed by atoms with E-state index in [4.69, 9.17) is 0 Å². The number of benzene rings is 2. The number of nitrogens with zero attached hydrogens (tertiary/aromatic N) is 3. The van der Waals surface area contributed by atoms with Crippen LogP contribution in [0.25, 0.3) is 11.0 Å². The van der Waals surface area contributed by atoms with Crippen LogP contribution in [0.5, 0.6) is 0 Å². The largest absolute Gasteiger partial charge is 0.357 e. The molecule has 1 aliphatic heterocycles. The molecule has 26 heavy (non-hydrogen) atoms. The molecule has 6 nitrogen and oxygen atoms in total. The molecule has 2 N–H and O–H groups in total. The van der Waals surface area contributed by atoms with E-state index >= 15 is 0 Å². The van der Waals surface area contributed by atoms with Gasteiger partial charge in [0, 0.05) is 0 Å². The molecule has 0 aliphatic carbocycles. The van der Waals surface area contributed by atoms with Crippen molar-refractivity contribution in [3.8, 4) is 0 Å². The fourth-order valence-corrected chi connectivity index (χ4v) is 3.62. The predicted octanol–water partition coefficient (Wildman–Crippen LogP) is 3.08. The highest BCUT2D eigenvalue weighted by Gasteiger charge is 2.18. The number of amidine groups is 1. The van der Waals surface area contributed by atoms with E-state index in [1.807, 2.05) is 31.2 Å². The van der Waals surface area contributed by atoms with Crippen molar-refractivity contribution in [1.82, 2.24) is 14.9 Å². The van der Waals surface area contributed by atoms with Crippen LogP contribution in [0.1, 0.15) is 18.5 Å². The van der Waals surface area contributed by atoms with Gasteiger partial charge in [-0.25, -0.2) is 13.8 Å². The van der Waals surface area contributed by atoms with Gasteiger partial charge in [0.2, 0.25) is 0 Å². The van der Waals surface area contributed by atoms with Crippen molar-refractivity contribution >= 4 is 33.8 Å². The molecule has 4 rings (SSSR count). The molecular weight excluding hydrogens is 353 g/mol. The average Bonchev–Trinajstić information content (AvgIpc) is 2.99. The van der Waals surface area contributed by atoms with E-state index in [0.29, 0.717) is 16.8 Å². The van der Waals surface area contributed by atoms with Gasteiger partial charge in [0.15, 0.2) is 11.0 Å². The van der Waals surface area contributed by atoms with Crippen LogP contribution in [-0.2, 0) is 0 Å². The summed E-state index contributed by atoms with van der Waals surface area (Å²) in [5.41, 5.74) is 2.28. The number of aromatic nitrogens is 2. The fourth-order valence-electron chi connectivity index (χ4n) is 2.80. The van der Waals surface area contributed by atoms with E-state index < -0.39 is 0 Å². The zero-order chi connectivity index (χ0) is 18.1. The second kappa shape index (κ2) is 6.80. The van der Waals surface area contributed by atoms with Gasteiger partial charge in [0.25, 0.3) is 0 Å². The Balaban J connectivity index is 1.56. The Morgan fingerprint density at radius 2 is 1.96 bits per heavy atom. The molecule has 1 aliphatic rings. The van der Waals surface area contributed by atoms with Crippen LogP contribution in [0.3, 0.4) is 0 Å². The Morgan fingerprint density at radius 3 is 2.69 bits per heavy atom. The SMILES string of the molecule is CC(NC1=NN=C(n2c(=O)[nH]c3ccccc32)CS1)c1ccc(F)cc1. The van der Waals surface area contributed by atoms with Gasteiger partial charge >= 0.3 is 5.69 Å². The van der Waals surface area contributed by atoms with Crippen molar-refractivity contribution in [1.29, 1.82) is 0 Å². The van der Waals surface area contributed by atoms with Gasteiger partial charge in [-0.3, -0.25) is 0 Å². The molecule has 3 aromatic rings. The topological polar surface area (TPSA) is 74.5 Å². The predicted molar refractivity (Wildman–Crippen MR) is 103 cm³/mol. The van der Waals surface area contributed by atoms with Gasteiger partial charge < -0.3 is 10.3 Å². The summed E-state index contributed by atoms with van der Waals surface area (Å²) in [5.74, 6) is 0.838. The molecule has 0 fully saturated rings. The van der Waals surface area contributed by atoms with Crippen molar-refractivity contribution in [2.24, 2.45) is 10.2 Å². The third kappa shape index (κ3) is 3.15. The third-order valence-corrected chi connectivity index (χ3v) is 5.03. The average molecular weight is 369 g/mol. The third-order valence-electron chi connectivity index (χ3n) is 4.15. The first-order valence-corrected chi connectivity index (χ1v) is 9.10. The van der Waals surface area contributed by atoms with Crippen LogP contribution in [0.4, 0.5) is 4.39 Å². The lowest BCUT2D eigenvalue weighted by atomic mass is 10.1. The molecule has 0 saturated heterocycles. The molecule has 132 valence electrons. The molecule has 0 amide bonds. The van der Waals surface area contributed by atoms with Gasteiger partial charge in [-0.15, -0.1) is 10.2 Å². The highest BCUT2D eigenvalue weighted by Crippen LogP contribution is 2.18. The van der Waals surface area contributed by atoms with E-state index in [-0.39, 0.29) is 17.5 Å². The fraction of sp³-hybridized carbons (Fsp3) is 0.167. The van der Waals surface area contributed by atoms with Crippen molar-refractivity contribution < 1.29 is 4.39 Å². The van der Waals surface area contributed by atoms with E-state index in [9.17, 15) is 9.18 Å². The molecule has 2 heterocycles. The van der Waals surface area contributed by atoms with Crippen LogP contribution in [0.2, 0.25) is 0 Å². The molecule has 0 radical (unpaired) electrons. The van der Waals surface area contributed by atoms with Crippen LogP contribution in [0, 0.1) is 5.82 Å². The standard InChI is InChI=1S/C18H16FN5OS/c1-11(12-6-8-13(19)9-7-12)20-17-23-22-16(10-26-17)24-15-5-3-2-4-14(15)21-18(24)25/h2-9,11H,10H2,1H3,(H,20,23)(H,21,25). The van der Waals surface area contributed by atoms with Crippen LogP contribution >= 0.6 is 11.8 Å². The summed E-state index contributed by atoms with van der Waals surface area (Å²) in [6.45, 7) is 1.97. The van der Waals surface area contributed by atoms with Crippen molar-refractivity contribution in [3.05, 3.63) is 70.4 Å². The number of fused-ring (bicyclic) bond motifs is 1. The van der Waals surface area contributed by atoms with E-state index in [2.05, 4.69) is 20.5 Å². The first-order chi connectivity index (χ1) is 12.6. The summed E-state index contributed by atoms with van der Waals surface area (Å²) in [6, 6.07) is 13.8. The van der Waals surface area contributed by atoms with Crippen molar-refractivity contribution in [3.63, 3.8) is 0 Å². The number of nitrogens with one attached hydrogen (secondary N) is 2. The van der Waals surface area contributed by atoms with Crippen molar-refractivity contribution in [2.45, 2.75) is 13.0 Å². The first-order valence-electron chi connectivity index (χ1n) is 8.11. The number of hydrogen-bond donors (Lipinski definition) is 2. The second-order valence-corrected chi connectivity index (χ2v) is 6.87. The highest BCUT2D eigenvalue weighted by atomic mass is 32.2. The molecule has 1 atom stereocenters. The summed E-state index contributed by atoms with van der Waals surface area (Å²) in [4.78, 5) is 15.0. The lowest BCUT2D eigenvalue weighted by Gasteiger charge is -2.18. The minimum absolute atomic E-state index is 0.0330. The zero-order valence-corrected chi connectivity index (χ0v) is 14.8. The maximum Gasteiger partial charge on any atom is 0.332 e. The maximum absolute atomic E-state index is 13.0. The van der Waals surface area contributed by atoms with Gasteiger partial charge in [-0.1, -0.05) is 36.0 Å². The number of imidazole rings is 1. The first kappa shape index (κ1) is 16.6. The van der Waals surface area contributed by atoms with Gasteiger partial charge in [-0.05, 0) is 36.8 Å². The van der Waals surface area contributed by atoms with Gasteiger partial charge in [0.05, 0.1) is 22.8 Å². The lowest BCUT2D eigenvalue weighted by molar-refractivity contribution is 0.624.